The summed E-state index contributed by atoms with van der Waals surface area (Å²) in [6, 6.07) is 48.0. The second kappa shape index (κ2) is 18.6. The van der Waals surface area contributed by atoms with E-state index < -0.39 is 40.8 Å². The molecule has 5 aromatic carbocycles. The SMILES string of the molecule is CO/N=C(\C(=O)NC1C(=O)N2C(C(=O)OC(c3ccccc3)c3ccccc3)=C(/C=C/CO)CS[C@H]12)c1csc(NC(c2ccccc2)(c2ccccc2)c2ccccc2)n1. The van der Waals surface area contributed by atoms with Gasteiger partial charge < -0.3 is 25.3 Å². The monoisotopic (exact) mass is 847 g/mol. The van der Waals surface area contributed by atoms with Crippen LogP contribution in [0.3, 0.4) is 0 Å². The number of rotatable bonds is 15. The van der Waals surface area contributed by atoms with E-state index in [1.807, 2.05) is 115 Å². The number of oxime groups is 1. The largest absolute Gasteiger partial charge is 0.448 e. The van der Waals surface area contributed by atoms with Gasteiger partial charge in [0, 0.05) is 11.1 Å². The van der Waals surface area contributed by atoms with E-state index in [0.29, 0.717) is 16.5 Å². The number of carbonyl (C=O) groups excluding carboxylic acids is 3. The molecule has 0 saturated carbocycles. The number of aliphatic hydroxyl groups excluding tert-OH is 1. The summed E-state index contributed by atoms with van der Waals surface area (Å²) >= 11 is 2.68. The number of carbonyl (C=O) groups is 3. The second-order valence-corrected chi connectivity index (χ2v) is 16.0. The van der Waals surface area contributed by atoms with Gasteiger partial charge in [-0.2, -0.15) is 0 Å². The van der Waals surface area contributed by atoms with Crippen molar-refractivity contribution in [2.45, 2.75) is 23.1 Å². The topological polar surface area (TPSA) is 142 Å². The molecule has 2 atom stereocenters. The highest BCUT2D eigenvalue weighted by atomic mass is 32.2. The molecular formula is C48H41N5O6S2. The van der Waals surface area contributed by atoms with Crippen LogP contribution in [0.5, 0.6) is 0 Å². The number of thiazole rings is 1. The number of hydrogen-bond acceptors (Lipinski definition) is 11. The Morgan fingerprint density at radius 1 is 0.852 bits per heavy atom. The third kappa shape index (κ3) is 8.35. The van der Waals surface area contributed by atoms with Crippen LogP contribution in [0.25, 0.3) is 0 Å². The van der Waals surface area contributed by atoms with E-state index in [0.717, 1.165) is 27.8 Å². The standard InChI is InChI=1S/C48H41N5O6S2/c1-58-52-39(38-31-61-47(49-38)51-48(35-23-11-4-12-24-35,36-25-13-5-14-26-36)37-27-15-6-16-28-37)43(55)50-40-44(56)53-41(34(22-17-29-54)30-60-45(40)53)46(57)59-42(32-18-7-2-8-19-32)33-20-9-3-10-21-33/h2-28,31,40,42,45,54H,29-30H2,1H3,(H,49,51)(H,50,55)/b22-17+,52-39-/t40?,45-/m1/s1. The molecule has 1 unspecified atom stereocenters. The normalized spacial score (nSPS) is 16.5. The van der Waals surface area contributed by atoms with E-state index in [1.54, 1.807) is 11.5 Å². The van der Waals surface area contributed by atoms with Crippen LogP contribution >= 0.6 is 23.1 Å². The smallest absolute Gasteiger partial charge is 0.356 e. The van der Waals surface area contributed by atoms with Gasteiger partial charge in [0.15, 0.2) is 16.9 Å². The minimum atomic E-state index is -0.997. The molecule has 0 spiro atoms. The van der Waals surface area contributed by atoms with Crippen LogP contribution in [0.2, 0.25) is 0 Å². The average Bonchev–Trinajstić information content (AvgIpc) is 3.79. The number of anilines is 1. The zero-order valence-electron chi connectivity index (χ0n) is 33.0. The minimum Gasteiger partial charge on any atom is -0.448 e. The molecule has 1 aromatic heterocycles. The average molecular weight is 848 g/mol. The third-order valence-electron chi connectivity index (χ3n) is 10.4. The van der Waals surface area contributed by atoms with E-state index in [9.17, 15) is 19.5 Å². The fourth-order valence-electron chi connectivity index (χ4n) is 7.59. The molecule has 1 fully saturated rings. The van der Waals surface area contributed by atoms with E-state index in [4.69, 9.17) is 14.6 Å². The lowest BCUT2D eigenvalue weighted by molar-refractivity contribution is -0.154. The molecule has 11 nitrogen and oxygen atoms in total. The molecule has 3 heterocycles. The fourth-order valence-corrected chi connectivity index (χ4v) is 9.66. The zero-order valence-corrected chi connectivity index (χ0v) is 34.6. The molecule has 0 radical (unpaired) electrons. The van der Waals surface area contributed by atoms with Gasteiger partial charge in [-0.15, -0.1) is 23.1 Å². The number of fused-ring (bicyclic) bond motifs is 1. The molecule has 8 rings (SSSR count). The molecular weight excluding hydrogens is 807 g/mol. The molecule has 306 valence electrons. The maximum Gasteiger partial charge on any atom is 0.356 e. The molecule has 2 aliphatic rings. The predicted molar refractivity (Wildman–Crippen MR) is 238 cm³/mol. The molecule has 2 amide bonds. The van der Waals surface area contributed by atoms with Crippen molar-refractivity contribution in [1.29, 1.82) is 0 Å². The first-order chi connectivity index (χ1) is 29.9. The van der Waals surface area contributed by atoms with Gasteiger partial charge in [0.1, 0.15) is 35.5 Å². The number of esters is 1. The van der Waals surface area contributed by atoms with Crippen molar-refractivity contribution in [3.63, 3.8) is 0 Å². The summed E-state index contributed by atoms with van der Waals surface area (Å²) in [5, 5.41) is 21.8. The Morgan fingerprint density at radius 3 is 1.89 bits per heavy atom. The van der Waals surface area contributed by atoms with Gasteiger partial charge in [-0.3, -0.25) is 14.5 Å². The molecule has 1 saturated heterocycles. The Morgan fingerprint density at radius 2 is 1.38 bits per heavy atom. The first-order valence-electron chi connectivity index (χ1n) is 19.5. The molecule has 0 bridgehead atoms. The summed E-state index contributed by atoms with van der Waals surface area (Å²) in [5.74, 6) is -1.57. The van der Waals surface area contributed by atoms with Crippen LogP contribution in [0.15, 0.2) is 186 Å². The number of allylic oxidation sites excluding steroid dienone is 1. The number of β-lactam (4-membered cyclic amide) rings is 1. The first kappa shape index (κ1) is 41.0. The maximum atomic E-state index is 14.2. The summed E-state index contributed by atoms with van der Waals surface area (Å²) in [5.41, 5.74) is 4.28. The molecule has 13 heteroatoms. The van der Waals surface area contributed by atoms with E-state index >= 15 is 0 Å². The van der Waals surface area contributed by atoms with Gasteiger partial charge in [-0.05, 0) is 33.4 Å². The molecule has 61 heavy (non-hydrogen) atoms. The minimum absolute atomic E-state index is 0.0561. The first-order valence-corrected chi connectivity index (χ1v) is 21.4. The van der Waals surface area contributed by atoms with Gasteiger partial charge in [0.25, 0.3) is 11.8 Å². The summed E-state index contributed by atoms with van der Waals surface area (Å²) in [7, 11) is 1.33. The highest BCUT2D eigenvalue weighted by Gasteiger charge is 2.55. The second-order valence-electron chi connectivity index (χ2n) is 14.1. The number of amides is 2. The van der Waals surface area contributed by atoms with Gasteiger partial charge in [-0.25, -0.2) is 9.78 Å². The third-order valence-corrected chi connectivity index (χ3v) is 12.5. The van der Waals surface area contributed by atoms with Crippen LogP contribution in [0.1, 0.15) is 39.6 Å². The Bertz CT molecular complexity index is 2430. The summed E-state index contributed by atoms with van der Waals surface area (Å²) in [4.78, 5) is 53.7. The van der Waals surface area contributed by atoms with Crippen molar-refractivity contribution in [3.05, 3.63) is 214 Å². The van der Waals surface area contributed by atoms with Crippen LogP contribution in [-0.2, 0) is 29.5 Å². The zero-order chi connectivity index (χ0) is 42.2. The van der Waals surface area contributed by atoms with Crippen molar-refractivity contribution in [2.75, 3.05) is 24.8 Å². The van der Waals surface area contributed by atoms with Gasteiger partial charge in [-0.1, -0.05) is 169 Å². The maximum absolute atomic E-state index is 14.2. The van der Waals surface area contributed by atoms with Crippen molar-refractivity contribution in [2.24, 2.45) is 5.16 Å². The van der Waals surface area contributed by atoms with Crippen molar-refractivity contribution in [1.82, 2.24) is 15.2 Å². The number of aromatic nitrogens is 1. The lowest BCUT2D eigenvalue weighted by atomic mass is 9.77. The summed E-state index contributed by atoms with van der Waals surface area (Å²) < 4.78 is 6.21. The number of thioether (sulfide) groups is 1. The number of aliphatic hydroxyl groups is 1. The van der Waals surface area contributed by atoms with Crippen LogP contribution in [0.4, 0.5) is 5.13 Å². The van der Waals surface area contributed by atoms with E-state index in [-0.39, 0.29) is 23.7 Å². The number of hydrogen-bond donors (Lipinski definition) is 3. The predicted octanol–water partition coefficient (Wildman–Crippen LogP) is 7.43. The highest BCUT2D eigenvalue weighted by molar-refractivity contribution is 8.00. The van der Waals surface area contributed by atoms with Crippen LogP contribution < -0.4 is 10.6 Å². The highest BCUT2D eigenvalue weighted by Crippen LogP contribution is 2.43. The van der Waals surface area contributed by atoms with E-state index in [2.05, 4.69) is 52.2 Å². The summed E-state index contributed by atoms with van der Waals surface area (Å²) in [6.07, 6.45) is 2.37. The van der Waals surface area contributed by atoms with E-state index in [1.165, 1.54) is 41.2 Å². The number of ether oxygens (including phenoxy) is 1. The molecule has 6 aromatic rings. The number of nitrogens with one attached hydrogen (secondary N) is 2. The van der Waals surface area contributed by atoms with Gasteiger partial charge in [0.05, 0.1) is 6.61 Å². The Labute approximate surface area is 361 Å². The fraction of sp³-hybridized carbons (Fsp3) is 0.146. The lowest BCUT2D eigenvalue weighted by Gasteiger charge is -2.49. The van der Waals surface area contributed by atoms with Gasteiger partial charge in [0.2, 0.25) is 0 Å². The Balaban J connectivity index is 1.05. The Hall–Kier alpha value is -6.80. The quantitative estimate of drug-likeness (QED) is 0.0316. The lowest BCUT2D eigenvalue weighted by Crippen LogP contribution is -2.71. The summed E-state index contributed by atoms with van der Waals surface area (Å²) in [6.45, 7) is -0.260. The van der Waals surface area contributed by atoms with Crippen LogP contribution in [-0.4, -0.2) is 69.4 Å². The number of nitrogens with zero attached hydrogens (tertiary/aromatic N) is 3. The van der Waals surface area contributed by atoms with Gasteiger partial charge >= 0.3 is 5.97 Å². The molecule has 3 N–H and O–H groups in total. The Kier molecular flexibility index (Phi) is 12.5. The molecule has 2 aliphatic heterocycles. The van der Waals surface area contributed by atoms with Crippen molar-refractivity contribution in [3.8, 4) is 0 Å². The number of benzene rings is 5. The van der Waals surface area contributed by atoms with Crippen molar-refractivity contribution >= 4 is 51.7 Å². The van der Waals surface area contributed by atoms with Crippen LogP contribution in [0, 0.1) is 0 Å². The van der Waals surface area contributed by atoms with Crippen molar-refractivity contribution < 1.29 is 29.1 Å². The molecule has 0 aliphatic carbocycles.